The molecule has 0 radical (unpaired) electrons. The number of carboxylic acids is 1. The Balaban J connectivity index is 2.61. The van der Waals surface area contributed by atoms with Gasteiger partial charge >= 0.3 is 5.97 Å². The minimum Gasteiger partial charge on any atom is -0.497 e. The number of ether oxygens (including phenoxy) is 1. The zero-order valence-corrected chi connectivity index (χ0v) is 10.1. The summed E-state index contributed by atoms with van der Waals surface area (Å²) in [6.45, 7) is 1.47. The number of fused-ring (bicyclic) bond motifs is 1. The number of carboxylic acid groups (broad SMARTS) is 1. The highest BCUT2D eigenvalue weighted by Gasteiger charge is 2.19. The number of hydrogen-bond acceptors (Lipinski definition) is 2. The average Bonchev–Trinajstić information content (AvgIpc) is 2.37. The van der Waals surface area contributed by atoms with Crippen molar-refractivity contribution < 1.29 is 19.0 Å². The first-order valence-corrected chi connectivity index (χ1v) is 5.53. The van der Waals surface area contributed by atoms with Crippen molar-refractivity contribution in [2.75, 3.05) is 7.11 Å². The molecule has 0 fully saturated rings. The zero-order valence-electron chi connectivity index (χ0n) is 10.1. The third-order valence-corrected chi connectivity index (χ3v) is 3.03. The second-order valence-corrected chi connectivity index (χ2v) is 4.12. The van der Waals surface area contributed by atoms with E-state index in [1.807, 2.05) is 0 Å². The molecule has 2 rings (SSSR count). The van der Waals surface area contributed by atoms with E-state index in [2.05, 4.69) is 0 Å². The van der Waals surface area contributed by atoms with Gasteiger partial charge in [0.15, 0.2) is 0 Å². The maximum Gasteiger partial charge on any atom is 0.310 e. The number of methoxy groups -OCH3 is 1. The number of rotatable bonds is 3. The minimum absolute atomic E-state index is 0.195. The fraction of sp³-hybridized carbons (Fsp3) is 0.214. The molecule has 2 aromatic rings. The molecule has 0 saturated heterocycles. The van der Waals surface area contributed by atoms with Crippen LogP contribution in [-0.2, 0) is 4.79 Å². The first kappa shape index (κ1) is 12.4. The van der Waals surface area contributed by atoms with Crippen LogP contribution >= 0.6 is 0 Å². The Morgan fingerprint density at radius 3 is 2.67 bits per heavy atom. The third-order valence-electron chi connectivity index (χ3n) is 3.03. The van der Waals surface area contributed by atoms with Crippen molar-refractivity contribution in [2.45, 2.75) is 12.8 Å². The van der Waals surface area contributed by atoms with Crippen molar-refractivity contribution in [3.05, 3.63) is 41.7 Å². The summed E-state index contributed by atoms with van der Waals surface area (Å²) in [5.74, 6) is -1.75. The fourth-order valence-electron chi connectivity index (χ4n) is 1.88. The Labute approximate surface area is 104 Å². The average molecular weight is 248 g/mol. The van der Waals surface area contributed by atoms with Crippen LogP contribution in [0.3, 0.4) is 0 Å². The number of halogens is 1. The molecule has 0 amide bonds. The monoisotopic (exact) mass is 248 g/mol. The summed E-state index contributed by atoms with van der Waals surface area (Å²) in [6.07, 6.45) is 0. The van der Waals surface area contributed by atoms with Crippen LogP contribution in [0.1, 0.15) is 18.4 Å². The summed E-state index contributed by atoms with van der Waals surface area (Å²) in [7, 11) is 1.54. The first-order chi connectivity index (χ1) is 8.54. The normalized spacial score (nSPS) is 12.4. The highest BCUT2D eigenvalue weighted by Crippen LogP contribution is 2.28. The van der Waals surface area contributed by atoms with Crippen LogP contribution in [0.15, 0.2) is 30.3 Å². The Bertz CT molecular complexity index is 607. The lowest BCUT2D eigenvalue weighted by molar-refractivity contribution is -0.138. The van der Waals surface area contributed by atoms with Crippen molar-refractivity contribution in [3.63, 3.8) is 0 Å². The van der Waals surface area contributed by atoms with Crippen LogP contribution in [0, 0.1) is 5.82 Å². The van der Waals surface area contributed by atoms with Gasteiger partial charge < -0.3 is 9.84 Å². The second-order valence-electron chi connectivity index (χ2n) is 4.12. The van der Waals surface area contributed by atoms with E-state index in [0.717, 1.165) is 0 Å². The predicted molar refractivity (Wildman–Crippen MR) is 66.5 cm³/mol. The van der Waals surface area contributed by atoms with E-state index in [1.165, 1.54) is 13.0 Å². The van der Waals surface area contributed by atoms with E-state index in [4.69, 9.17) is 9.84 Å². The lowest BCUT2D eigenvalue weighted by Crippen LogP contribution is -2.09. The van der Waals surface area contributed by atoms with Gasteiger partial charge in [0.05, 0.1) is 13.0 Å². The molecule has 0 spiro atoms. The van der Waals surface area contributed by atoms with Gasteiger partial charge in [-0.15, -0.1) is 0 Å². The van der Waals surface area contributed by atoms with E-state index in [0.29, 0.717) is 16.5 Å². The van der Waals surface area contributed by atoms with Crippen LogP contribution < -0.4 is 4.74 Å². The van der Waals surface area contributed by atoms with E-state index in [-0.39, 0.29) is 5.56 Å². The number of carbonyl (C=O) groups is 1. The molecule has 2 aromatic carbocycles. The van der Waals surface area contributed by atoms with E-state index < -0.39 is 17.7 Å². The Morgan fingerprint density at radius 2 is 2.06 bits per heavy atom. The van der Waals surface area contributed by atoms with Gasteiger partial charge in [-0.2, -0.15) is 0 Å². The van der Waals surface area contributed by atoms with Crippen LogP contribution in [0.5, 0.6) is 5.75 Å². The van der Waals surface area contributed by atoms with Crippen molar-refractivity contribution in [3.8, 4) is 5.75 Å². The van der Waals surface area contributed by atoms with Crippen molar-refractivity contribution in [1.82, 2.24) is 0 Å². The number of benzene rings is 2. The fourth-order valence-corrected chi connectivity index (χ4v) is 1.88. The van der Waals surface area contributed by atoms with Gasteiger partial charge in [-0.05, 0) is 30.5 Å². The van der Waals surface area contributed by atoms with Crippen molar-refractivity contribution in [1.29, 1.82) is 0 Å². The minimum atomic E-state index is -1.04. The first-order valence-electron chi connectivity index (χ1n) is 5.53. The highest BCUT2D eigenvalue weighted by atomic mass is 19.1. The summed E-state index contributed by atoms with van der Waals surface area (Å²) in [5, 5.41) is 10.0. The van der Waals surface area contributed by atoms with Crippen LogP contribution in [0.2, 0.25) is 0 Å². The molecular weight excluding hydrogens is 235 g/mol. The summed E-state index contributed by atoms with van der Waals surface area (Å²) >= 11 is 0. The van der Waals surface area contributed by atoms with Gasteiger partial charge in [0.1, 0.15) is 11.6 Å². The molecule has 1 N–H and O–H groups in total. The van der Waals surface area contributed by atoms with E-state index in [1.54, 1.807) is 31.4 Å². The highest BCUT2D eigenvalue weighted by molar-refractivity contribution is 5.87. The maximum atomic E-state index is 14.2. The Hall–Kier alpha value is -2.10. The van der Waals surface area contributed by atoms with E-state index in [9.17, 15) is 9.18 Å². The van der Waals surface area contributed by atoms with Crippen LogP contribution in [-0.4, -0.2) is 18.2 Å². The topological polar surface area (TPSA) is 46.5 Å². The second kappa shape index (κ2) is 4.64. The summed E-state index contributed by atoms with van der Waals surface area (Å²) in [4.78, 5) is 10.9. The Kier molecular flexibility index (Phi) is 3.19. The molecule has 0 saturated carbocycles. The number of aliphatic carboxylic acids is 1. The van der Waals surface area contributed by atoms with Gasteiger partial charge in [0.2, 0.25) is 0 Å². The lowest BCUT2D eigenvalue weighted by Gasteiger charge is -2.11. The third kappa shape index (κ3) is 2.01. The molecule has 0 bridgehead atoms. The van der Waals surface area contributed by atoms with Crippen LogP contribution in [0.4, 0.5) is 4.39 Å². The molecule has 4 heteroatoms. The van der Waals surface area contributed by atoms with Crippen molar-refractivity contribution >= 4 is 16.7 Å². The van der Waals surface area contributed by atoms with Gasteiger partial charge in [-0.25, -0.2) is 4.39 Å². The van der Waals surface area contributed by atoms with Gasteiger partial charge in [-0.3, -0.25) is 4.79 Å². The maximum absolute atomic E-state index is 14.2. The van der Waals surface area contributed by atoms with Crippen LogP contribution in [0.25, 0.3) is 10.8 Å². The van der Waals surface area contributed by atoms with Gasteiger partial charge in [-0.1, -0.05) is 12.1 Å². The molecule has 0 aliphatic carbocycles. The smallest absolute Gasteiger partial charge is 0.310 e. The summed E-state index contributed by atoms with van der Waals surface area (Å²) < 4.78 is 19.3. The molecule has 3 nitrogen and oxygen atoms in total. The summed E-state index contributed by atoms with van der Waals surface area (Å²) in [6, 6.07) is 8.18. The lowest BCUT2D eigenvalue weighted by atomic mass is 9.97. The van der Waals surface area contributed by atoms with Crippen molar-refractivity contribution in [2.24, 2.45) is 0 Å². The predicted octanol–water partition coefficient (Wildman–Crippen LogP) is 3.18. The molecule has 0 aliphatic heterocycles. The molecule has 94 valence electrons. The standard InChI is InChI=1S/C14H13FO3/c1-8(14(16)17)11-5-3-9-7-10(18-2)4-6-12(9)13(11)15/h3-8H,1-2H3,(H,16,17)/t8-/m0/s1. The zero-order chi connectivity index (χ0) is 13.3. The molecule has 0 heterocycles. The largest absolute Gasteiger partial charge is 0.497 e. The SMILES string of the molecule is COc1ccc2c(F)c([C@H](C)C(=O)O)ccc2c1. The van der Waals surface area contributed by atoms with Gasteiger partial charge in [0, 0.05) is 10.9 Å². The van der Waals surface area contributed by atoms with E-state index >= 15 is 0 Å². The summed E-state index contributed by atoms with van der Waals surface area (Å²) in [5.41, 5.74) is 0.195. The quantitative estimate of drug-likeness (QED) is 0.907. The molecule has 1 atom stereocenters. The number of hydrogen-bond donors (Lipinski definition) is 1. The molecule has 0 unspecified atom stereocenters. The molecule has 0 aromatic heterocycles. The Morgan fingerprint density at radius 1 is 1.33 bits per heavy atom. The molecule has 18 heavy (non-hydrogen) atoms. The molecule has 0 aliphatic rings. The molecular formula is C14H13FO3. The van der Waals surface area contributed by atoms with Gasteiger partial charge in [0.25, 0.3) is 0 Å².